The van der Waals surface area contributed by atoms with Gasteiger partial charge in [0, 0.05) is 31.2 Å². The molecule has 3 rings (SSSR count). The topological polar surface area (TPSA) is 92.7 Å². The van der Waals surface area contributed by atoms with Gasteiger partial charge in [0.1, 0.15) is 5.69 Å². The van der Waals surface area contributed by atoms with Gasteiger partial charge < -0.3 is 5.32 Å². The highest BCUT2D eigenvalue weighted by molar-refractivity contribution is 5.92. The minimum absolute atomic E-state index is 0.185. The Kier molecular flexibility index (Phi) is 3.78. The van der Waals surface area contributed by atoms with Crippen molar-refractivity contribution in [2.24, 2.45) is 0 Å². The molecule has 22 heavy (non-hydrogen) atoms. The predicted molar refractivity (Wildman–Crippen MR) is 79.6 cm³/mol. The van der Waals surface area contributed by atoms with E-state index in [1.165, 1.54) is 10.7 Å². The minimum Gasteiger partial charge on any atom is -0.347 e. The van der Waals surface area contributed by atoms with Gasteiger partial charge in [-0.2, -0.15) is 0 Å². The minimum atomic E-state index is -0.358. The van der Waals surface area contributed by atoms with Gasteiger partial charge in [-0.3, -0.25) is 19.7 Å². The maximum Gasteiger partial charge on any atom is 0.273 e. The average Bonchev–Trinajstić information content (AvgIpc) is 2.96. The maximum absolute atomic E-state index is 12.1. The summed E-state index contributed by atoms with van der Waals surface area (Å²) in [5.41, 5.74) is 0.771. The van der Waals surface area contributed by atoms with Gasteiger partial charge in [0.15, 0.2) is 5.82 Å². The van der Waals surface area contributed by atoms with Crippen molar-refractivity contribution in [2.75, 3.05) is 0 Å². The Hall–Kier alpha value is -3.22. The monoisotopic (exact) mass is 295 g/mol. The molecule has 0 spiro atoms. The van der Waals surface area contributed by atoms with Crippen LogP contribution in [0.5, 0.6) is 0 Å². The highest BCUT2D eigenvalue weighted by Crippen LogP contribution is 2.01. The molecule has 0 aliphatic carbocycles. The van der Waals surface area contributed by atoms with Crippen LogP contribution in [0.2, 0.25) is 0 Å². The lowest BCUT2D eigenvalue weighted by molar-refractivity contribution is 0.0945. The van der Waals surface area contributed by atoms with Gasteiger partial charge in [-0.15, -0.1) is 0 Å². The van der Waals surface area contributed by atoms with Crippen LogP contribution in [0.15, 0.2) is 59.8 Å². The Bertz CT molecular complexity index is 824. The first kappa shape index (κ1) is 13.7. The zero-order chi connectivity index (χ0) is 15.4. The second-order valence-corrected chi connectivity index (χ2v) is 4.57. The number of nitrogens with zero attached hydrogens (tertiary/aromatic N) is 3. The van der Waals surface area contributed by atoms with E-state index in [2.05, 4.69) is 20.4 Å². The van der Waals surface area contributed by atoms with E-state index in [0.29, 0.717) is 12.4 Å². The number of amides is 1. The number of carbonyl (C=O) groups is 1. The van der Waals surface area contributed by atoms with E-state index in [1.807, 2.05) is 12.1 Å². The van der Waals surface area contributed by atoms with Gasteiger partial charge >= 0.3 is 0 Å². The molecular weight excluding hydrogens is 282 g/mol. The van der Waals surface area contributed by atoms with E-state index >= 15 is 0 Å². The molecule has 0 unspecified atom stereocenters. The second kappa shape index (κ2) is 6.04. The lowest BCUT2D eigenvalue weighted by atomic mass is 10.2. The Morgan fingerprint density at radius 2 is 2.00 bits per heavy atom. The number of pyridine rings is 2. The average molecular weight is 295 g/mol. The summed E-state index contributed by atoms with van der Waals surface area (Å²) >= 11 is 0. The van der Waals surface area contributed by atoms with E-state index < -0.39 is 0 Å². The fourth-order valence-corrected chi connectivity index (χ4v) is 1.95. The van der Waals surface area contributed by atoms with Crippen molar-refractivity contribution in [3.63, 3.8) is 0 Å². The largest absolute Gasteiger partial charge is 0.347 e. The Balaban J connectivity index is 1.75. The van der Waals surface area contributed by atoms with Crippen molar-refractivity contribution in [3.05, 3.63) is 76.6 Å². The molecule has 0 bridgehead atoms. The first-order chi connectivity index (χ1) is 10.7. The second-order valence-electron chi connectivity index (χ2n) is 4.57. The molecule has 0 radical (unpaired) electrons. The fourth-order valence-electron chi connectivity index (χ4n) is 1.95. The number of hydrogen-bond acceptors (Lipinski definition) is 4. The fraction of sp³-hybridized carbons (Fsp3) is 0.0667. The number of aromatic amines is 1. The van der Waals surface area contributed by atoms with Crippen molar-refractivity contribution < 1.29 is 4.79 Å². The lowest BCUT2D eigenvalue weighted by Gasteiger charge is -2.03. The van der Waals surface area contributed by atoms with Crippen molar-refractivity contribution in [2.45, 2.75) is 6.54 Å². The van der Waals surface area contributed by atoms with E-state index in [4.69, 9.17) is 0 Å². The van der Waals surface area contributed by atoms with Gasteiger partial charge in [-0.25, -0.2) is 9.67 Å². The molecule has 2 N–H and O–H groups in total. The van der Waals surface area contributed by atoms with E-state index in [0.717, 1.165) is 5.56 Å². The summed E-state index contributed by atoms with van der Waals surface area (Å²) in [6.45, 7) is 0.359. The summed E-state index contributed by atoms with van der Waals surface area (Å²) in [7, 11) is 0. The molecule has 7 nitrogen and oxygen atoms in total. The number of rotatable bonds is 4. The van der Waals surface area contributed by atoms with Crippen molar-refractivity contribution in [3.8, 4) is 5.82 Å². The first-order valence-electron chi connectivity index (χ1n) is 6.64. The van der Waals surface area contributed by atoms with Crippen LogP contribution in [0.4, 0.5) is 0 Å². The number of hydrogen-bond donors (Lipinski definition) is 2. The van der Waals surface area contributed by atoms with Crippen LogP contribution in [0, 0.1) is 0 Å². The Labute approximate surface area is 125 Å². The third-order valence-electron chi connectivity index (χ3n) is 3.05. The zero-order valence-corrected chi connectivity index (χ0v) is 11.6. The SMILES string of the molecule is O=C(NCc1ccncc1)c1cc(=O)n(-c2ccccn2)[nH]1. The number of H-pyrrole nitrogens is 1. The molecule has 0 saturated heterocycles. The van der Waals surface area contributed by atoms with Crippen molar-refractivity contribution in [1.82, 2.24) is 25.1 Å². The van der Waals surface area contributed by atoms with E-state index in [9.17, 15) is 9.59 Å². The highest BCUT2D eigenvalue weighted by atomic mass is 16.2. The maximum atomic E-state index is 12.1. The van der Waals surface area contributed by atoms with Crippen LogP contribution in [-0.4, -0.2) is 25.7 Å². The standard InChI is InChI=1S/C15H13N5O2/c21-14-9-12(19-20(14)13-3-1-2-6-17-13)15(22)18-10-11-4-7-16-8-5-11/h1-9,19H,10H2,(H,18,22). The third kappa shape index (κ3) is 2.93. The van der Waals surface area contributed by atoms with E-state index in [-0.39, 0.29) is 17.2 Å². The van der Waals surface area contributed by atoms with Crippen molar-refractivity contribution in [1.29, 1.82) is 0 Å². The Morgan fingerprint density at radius 1 is 1.18 bits per heavy atom. The summed E-state index contributed by atoms with van der Waals surface area (Å²) < 4.78 is 1.22. The molecule has 7 heteroatoms. The molecule has 3 aromatic heterocycles. The smallest absolute Gasteiger partial charge is 0.273 e. The molecule has 0 atom stereocenters. The van der Waals surface area contributed by atoms with Crippen LogP contribution in [0.3, 0.4) is 0 Å². The molecule has 0 saturated carbocycles. The Morgan fingerprint density at radius 3 is 2.73 bits per heavy atom. The van der Waals surface area contributed by atoms with Crippen molar-refractivity contribution >= 4 is 5.91 Å². The summed E-state index contributed by atoms with van der Waals surface area (Å²) in [6.07, 6.45) is 4.88. The number of aromatic nitrogens is 4. The van der Waals surface area contributed by atoms with Gasteiger partial charge in [0.2, 0.25) is 0 Å². The molecule has 0 fully saturated rings. The van der Waals surface area contributed by atoms with Crippen LogP contribution in [0.1, 0.15) is 16.1 Å². The summed E-state index contributed by atoms with van der Waals surface area (Å²) in [5, 5.41) is 5.49. The molecule has 3 heterocycles. The normalized spacial score (nSPS) is 10.4. The molecule has 0 aliphatic heterocycles. The molecule has 0 aliphatic rings. The number of carbonyl (C=O) groups excluding carboxylic acids is 1. The molecule has 1 amide bonds. The van der Waals surface area contributed by atoms with Gasteiger partial charge in [-0.1, -0.05) is 6.07 Å². The predicted octanol–water partition coefficient (Wildman–Crippen LogP) is 0.886. The zero-order valence-electron chi connectivity index (χ0n) is 11.6. The highest BCUT2D eigenvalue weighted by Gasteiger charge is 2.12. The number of nitrogens with one attached hydrogen (secondary N) is 2. The van der Waals surface area contributed by atoms with Crippen LogP contribution >= 0.6 is 0 Å². The van der Waals surface area contributed by atoms with Crippen LogP contribution in [-0.2, 0) is 6.54 Å². The molecule has 110 valence electrons. The van der Waals surface area contributed by atoms with E-state index in [1.54, 1.807) is 36.8 Å². The van der Waals surface area contributed by atoms with Crippen LogP contribution in [0.25, 0.3) is 5.82 Å². The summed E-state index contributed by atoms with van der Waals surface area (Å²) in [5.74, 6) is 0.0734. The molecular formula is C15H13N5O2. The van der Waals surface area contributed by atoms with Crippen LogP contribution < -0.4 is 10.9 Å². The third-order valence-corrected chi connectivity index (χ3v) is 3.05. The van der Waals surface area contributed by atoms with Gasteiger partial charge in [0.05, 0.1) is 0 Å². The molecule has 3 aromatic rings. The lowest BCUT2D eigenvalue weighted by Crippen LogP contribution is -2.23. The van der Waals surface area contributed by atoms with Gasteiger partial charge in [-0.05, 0) is 29.8 Å². The summed E-state index contributed by atoms with van der Waals surface area (Å²) in [4.78, 5) is 32.0. The quantitative estimate of drug-likeness (QED) is 0.747. The summed E-state index contributed by atoms with van der Waals surface area (Å²) in [6, 6.07) is 10.1. The molecule has 0 aromatic carbocycles. The van der Waals surface area contributed by atoms with Gasteiger partial charge in [0.25, 0.3) is 11.5 Å². The first-order valence-corrected chi connectivity index (χ1v) is 6.64.